The van der Waals surface area contributed by atoms with Gasteiger partial charge in [0, 0.05) is 5.56 Å². The summed E-state index contributed by atoms with van der Waals surface area (Å²) in [6.07, 6.45) is 1.51. The number of hydrogen-bond donors (Lipinski definition) is 2. The standard InChI is InChI=1S/C23H28BrN3O4/c1-5-30-19-13-16(12-18(24)21(19)31-6-2)14-25-27-23(29)20(15(3)4)26-22(28)17-10-8-7-9-11-17/h7-15,20H,5-6H2,1-4H3,(H,26,28)(H,27,29)/b25-14+. The average molecular weight is 490 g/mol. The fraction of sp³-hybridized carbons (Fsp3) is 0.348. The molecule has 0 heterocycles. The number of hydrogen-bond acceptors (Lipinski definition) is 5. The van der Waals surface area contributed by atoms with Gasteiger partial charge in [-0.3, -0.25) is 9.59 Å². The molecular formula is C23H28BrN3O4. The fourth-order valence-electron chi connectivity index (χ4n) is 2.80. The summed E-state index contributed by atoms with van der Waals surface area (Å²) in [6.45, 7) is 8.50. The van der Waals surface area contributed by atoms with Crippen LogP contribution in [0.25, 0.3) is 0 Å². The third-order valence-electron chi connectivity index (χ3n) is 4.28. The van der Waals surface area contributed by atoms with Crippen LogP contribution in [-0.2, 0) is 4.79 Å². The third-order valence-corrected chi connectivity index (χ3v) is 4.87. The number of hydrazone groups is 1. The van der Waals surface area contributed by atoms with Gasteiger partial charge in [0.1, 0.15) is 6.04 Å². The highest BCUT2D eigenvalue weighted by Gasteiger charge is 2.24. The number of benzene rings is 2. The second kappa shape index (κ2) is 12.1. The Morgan fingerprint density at radius 1 is 1.10 bits per heavy atom. The number of halogens is 1. The number of ether oxygens (including phenoxy) is 2. The molecule has 31 heavy (non-hydrogen) atoms. The number of carbonyl (C=O) groups is 2. The maximum absolute atomic E-state index is 12.6. The molecule has 2 aromatic carbocycles. The van der Waals surface area contributed by atoms with Crippen molar-refractivity contribution in [1.82, 2.24) is 10.7 Å². The predicted molar refractivity (Wildman–Crippen MR) is 125 cm³/mol. The maximum Gasteiger partial charge on any atom is 0.262 e. The summed E-state index contributed by atoms with van der Waals surface area (Å²) in [7, 11) is 0. The summed E-state index contributed by atoms with van der Waals surface area (Å²) in [4.78, 5) is 25.0. The van der Waals surface area contributed by atoms with Crippen molar-refractivity contribution in [1.29, 1.82) is 0 Å². The highest BCUT2D eigenvalue weighted by molar-refractivity contribution is 9.10. The average Bonchev–Trinajstić information content (AvgIpc) is 2.74. The van der Waals surface area contributed by atoms with Crippen LogP contribution in [0.15, 0.2) is 52.0 Å². The van der Waals surface area contributed by atoms with Crippen LogP contribution in [0.4, 0.5) is 0 Å². The van der Waals surface area contributed by atoms with E-state index in [0.29, 0.717) is 35.8 Å². The SMILES string of the molecule is CCOc1cc(/C=N/NC(=O)C(NC(=O)c2ccccc2)C(C)C)cc(Br)c1OCC. The smallest absolute Gasteiger partial charge is 0.262 e. The fourth-order valence-corrected chi connectivity index (χ4v) is 3.37. The van der Waals surface area contributed by atoms with Crippen molar-refractivity contribution in [2.24, 2.45) is 11.0 Å². The number of nitrogens with one attached hydrogen (secondary N) is 2. The molecule has 0 saturated carbocycles. The molecule has 0 aromatic heterocycles. The lowest BCUT2D eigenvalue weighted by molar-refractivity contribution is -0.123. The van der Waals surface area contributed by atoms with E-state index in [1.165, 1.54) is 6.21 Å². The third kappa shape index (κ3) is 7.10. The zero-order valence-corrected chi connectivity index (χ0v) is 19.7. The zero-order chi connectivity index (χ0) is 22.8. The molecule has 7 nitrogen and oxygen atoms in total. The first-order valence-corrected chi connectivity index (χ1v) is 10.9. The van der Waals surface area contributed by atoms with Gasteiger partial charge in [-0.2, -0.15) is 5.10 Å². The molecular weight excluding hydrogens is 462 g/mol. The number of rotatable bonds is 10. The molecule has 2 rings (SSSR count). The molecule has 0 aliphatic heterocycles. The molecule has 2 amide bonds. The van der Waals surface area contributed by atoms with Gasteiger partial charge in [-0.15, -0.1) is 0 Å². The molecule has 1 unspecified atom stereocenters. The Morgan fingerprint density at radius 2 is 1.77 bits per heavy atom. The summed E-state index contributed by atoms with van der Waals surface area (Å²) in [5.74, 6) is 0.378. The minimum absolute atomic E-state index is 0.118. The Bertz CT molecular complexity index is 917. The van der Waals surface area contributed by atoms with Crippen LogP contribution in [-0.4, -0.2) is 37.3 Å². The van der Waals surface area contributed by atoms with Gasteiger partial charge in [0.05, 0.1) is 23.9 Å². The zero-order valence-electron chi connectivity index (χ0n) is 18.1. The van der Waals surface area contributed by atoms with Gasteiger partial charge in [-0.1, -0.05) is 32.0 Å². The summed E-state index contributed by atoms with van der Waals surface area (Å²) in [6, 6.07) is 11.6. The van der Waals surface area contributed by atoms with Crippen molar-refractivity contribution >= 4 is 34.0 Å². The Morgan fingerprint density at radius 3 is 2.39 bits per heavy atom. The molecule has 166 valence electrons. The number of nitrogens with zero attached hydrogens (tertiary/aromatic N) is 1. The van der Waals surface area contributed by atoms with Crippen LogP contribution in [0.2, 0.25) is 0 Å². The van der Waals surface area contributed by atoms with Crippen LogP contribution in [0.3, 0.4) is 0 Å². The van der Waals surface area contributed by atoms with Crippen molar-refractivity contribution in [3.05, 3.63) is 58.1 Å². The molecule has 0 radical (unpaired) electrons. The Labute approximate surface area is 191 Å². The summed E-state index contributed by atoms with van der Waals surface area (Å²) < 4.78 is 12.0. The van der Waals surface area contributed by atoms with E-state index in [4.69, 9.17) is 9.47 Å². The van der Waals surface area contributed by atoms with Crippen LogP contribution in [0, 0.1) is 5.92 Å². The minimum atomic E-state index is -0.726. The number of amides is 2. The quantitative estimate of drug-likeness (QED) is 0.387. The van der Waals surface area contributed by atoms with Crippen molar-refractivity contribution in [2.75, 3.05) is 13.2 Å². The van der Waals surface area contributed by atoms with Gasteiger partial charge >= 0.3 is 0 Å². The van der Waals surface area contributed by atoms with E-state index in [1.54, 1.807) is 30.3 Å². The monoisotopic (exact) mass is 489 g/mol. The molecule has 0 bridgehead atoms. The Balaban J connectivity index is 2.09. The molecule has 2 N–H and O–H groups in total. The Kier molecular flexibility index (Phi) is 9.52. The molecule has 0 aliphatic carbocycles. The van der Waals surface area contributed by atoms with Crippen molar-refractivity contribution in [2.45, 2.75) is 33.7 Å². The highest BCUT2D eigenvalue weighted by atomic mass is 79.9. The van der Waals surface area contributed by atoms with E-state index in [2.05, 4.69) is 31.8 Å². The molecule has 0 fully saturated rings. The van der Waals surface area contributed by atoms with E-state index >= 15 is 0 Å². The van der Waals surface area contributed by atoms with Crippen LogP contribution in [0.1, 0.15) is 43.6 Å². The van der Waals surface area contributed by atoms with E-state index in [-0.39, 0.29) is 11.8 Å². The van der Waals surface area contributed by atoms with Crippen molar-refractivity contribution < 1.29 is 19.1 Å². The largest absolute Gasteiger partial charge is 0.490 e. The van der Waals surface area contributed by atoms with Gasteiger partial charge in [-0.25, -0.2) is 5.43 Å². The van der Waals surface area contributed by atoms with Gasteiger partial charge in [0.15, 0.2) is 11.5 Å². The predicted octanol–water partition coefficient (Wildman–Crippen LogP) is 4.15. The van der Waals surface area contributed by atoms with Gasteiger partial charge in [0.2, 0.25) is 0 Å². The topological polar surface area (TPSA) is 89.0 Å². The molecule has 0 spiro atoms. The van der Waals surface area contributed by atoms with E-state index in [0.717, 1.165) is 4.47 Å². The normalized spacial score (nSPS) is 11.9. The van der Waals surface area contributed by atoms with E-state index in [1.807, 2.05) is 39.8 Å². The molecule has 2 aromatic rings. The summed E-state index contributed by atoms with van der Waals surface area (Å²) in [5, 5.41) is 6.82. The van der Waals surface area contributed by atoms with Gasteiger partial charge < -0.3 is 14.8 Å². The summed E-state index contributed by atoms with van der Waals surface area (Å²) >= 11 is 3.48. The molecule has 8 heteroatoms. The van der Waals surface area contributed by atoms with E-state index < -0.39 is 11.9 Å². The van der Waals surface area contributed by atoms with Crippen LogP contribution in [0.5, 0.6) is 11.5 Å². The lowest BCUT2D eigenvalue weighted by atomic mass is 10.0. The van der Waals surface area contributed by atoms with E-state index in [9.17, 15) is 9.59 Å². The first-order chi connectivity index (χ1) is 14.9. The Hall–Kier alpha value is -2.87. The first-order valence-electron chi connectivity index (χ1n) is 10.1. The first kappa shape index (κ1) is 24.4. The lowest BCUT2D eigenvalue weighted by Crippen LogP contribution is -2.48. The van der Waals surface area contributed by atoms with Crippen LogP contribution >= 0.6 is 15.9 Å². The highest BCUT2D eigenvalue weighted by Crippen LogP contribution is 2.36. The lowest BCUT2D eigenvalue weighted by Gasteiger charge is -2.20. The van der Waals surface area contributed by atoms with Crippen LogP contribution < -0.4 is 20.2 Å². The number of carbonyl (C=O) groups excluding carboxylic acids is 2. The molecule has 0 saturated heterocycles. The second-order valence-corrected chi connectivity index (χ2v) is 7.85. The maximum atomic E-state index is 12.6. The van der Waals surface area contributed by atoms with Crippen molar-refractivity contribution in [3.8, 4) is 11.5 Å². The minimum Gasteiger partial charge on any atom is -0.490 e. The molecule has 1 atom stereocenters. The van der Waals surface area contributed by atoms with Gasteiger partial charge in [0.25, 0.3) is 11.8 Å². The molecule has 0 aliphatic rings. The summed E-state index contributed by atoms with van der Waals surface area (Å²) in [5.41, 5.74) is 3.72. The second-order valence-electron chi connectivity index (χ2n) is 6.99. The van der Waals surface area contributed by atoms with Crippen molar-refractivity contribution in [3.63, 3.8) is 0 Å². The van der Waals surface area contributed by atoms with Gasteiger partial charge in [-0.05, 0) is 65.5 Å².